The molecule has 0 bridgehead atoms. The van der Waals surface area contributed by atoms with Gasteiger partial charge in [0.2, 0.25) is 11.9 Å². The maximum Gasteiger partial charge on any atom is 0.323 e. The van der Waals surface area contributed by atoms with Crippen molar-refractivity contribution in [2.24, 2.45) is 0 Å². The molecule has 19 heavy (non-hydrogen) atoms. The van der Waals surface area contributed by atoms with Gasteiger partial charge in [-0.2, -0.15) is 15.0 Å². The van der Waals surface area contributed by atoms with Gasteiger partial charge in [0.1, 0.15) is 5.82 Å². The first-order valence-electron chi connectivity index (χ1n) is 5.45. The molecule has 0 fully saturated rings. The number of aromatic nitrogens is 3. The Morgan fingerprint density at radius 1 is 1.37 bits per heavy atom. The molecule has 8 heteroatoms. The SMILES string of the molecule is CCOc1nc(N)nc(Nc2ccc(F)c(Br)c2)n1. The van der Waals surface area contributed by atoms with Crippen LogP contribution in [0, 0.1) is 5.82 Å². The van der Waals surface area contributed by atoms with Gasteiger partial charge in [-0.3, -0.25) is 0 Å². The van der Waals surface area contributed by atoms with E-state index in [4.69, 9.17) is 10.5 Å². The Bertz CT molecular complexity index is 595. The summed E-state index contributed by atoms with van der Waals surface area (Å²) in [6.07, 6.45) is 0. The summed E-state index contributed by atoms with van der Waals surface area (Å²) in [7, 11) is 0. The van der Waals surface area contributed by atoms with Gasteiger partial charge in [0.25, 0.3) is 0 Å². The monoisotopic (exact) mass is 327 g/mol. The minimum Gasteiger partial charge on any atom is -0.464 e. The van der Waals surface area contributed by atoms with Gasteiger partial charge in [0, 0.05) is 5.69 Å². The Balaban J connectivity index is 2.24. The third-order valence-corrected chi connectivity index (χ3v) is 2.69. The van der Waals surface area contributed by atoms with E-state index < -0.39 is 0 Å². The lowest BCUT2D eigenvalue weighted by molar-refractivity contribution is 0.312. The number of nitrogens with zero attached hydrogens (tertiary/aromatic N) is 3. The van der Waals surface area contributed by atoms with E-state index in [2.05, 4.69) is 36.2 Å². The van der Waals surface area contributed by atoms with E-state index >= 15 is 0 Å². The normalized spacial score (nSPS) is 10.3. The van der Waals surface area contributed by atoms with Crippen LogP contribution < -0.4 is 15.8 Å². The Hall–Kier alpha value is -1.96. The van der Waals surface area contributed by atoms with E-state index in [1.54, 1.807) is 12.1 Å². The average molecular weight is 328 g/mol. The third kappa shape index (κ3) is 3.50. The van der Waals surface area contributed by atoms with Crippen molar-refractivity contribution >= 4 is 33.5 Å². The zero-order valence-electron chi connectivity index (χ0n) is 10.0. The Labute approximate surface area is 117 Å². The van der Waals surface area contributed by atoms with E-state index in [1.165, 1.54) is 6.07 Å². The van der Waals surface area contributed by atoms with Crippen LogP contribution in [0.2, 0.25) is 0 Å². The first-order valence-corrected chi connectivity index (χ1v) is 6.24. The fourth-order valence-electron chi connectivity index (χ4n) is 1.32. The lowest BCUT2D eigenvalue weighted by atomic mass is 10.3. The number of nitrogens with one attached hydrogen (secondary N) is 1. The zero-order valence-corrected chi connectivity index (χ0v) is 11.6. The van der Waals surface area contributed by atoms with Crippen molar-refractivity contribution in [3.63, 3.8) is 0 Å². The smallest absolute Gasteiger partial charge is 0.323 e. The predicted molar refractivity (Wildman–Crippen MR) is 72.8 cm³/mol. The Morgan fingerprint density at radius 3 is 2.84 bits per heavy atom. The molecule has 0 atom stereocenters. The number of anilines is 3. The van der Waals surface area contributed by atoms with Gasteiger partial charge >= 0.3 is 6.01 Å². The fraction of sp³-hybridized carbons (Fsp3) is 0.182. The minimum absolute atomic E-state index is 0.0436. The molecule has 2 aromatic rings. The molecule has 2 rings (SSSR count). The van der Waals surface area contributed by atoms with Crippen molar-refractivity contribution in [1.29, 1.82) is 0 Å². The van der Waals surface area contributed by atoms with Crippen molar-refractivity contribution in [3.05, 3.63) is 28.5 Å². The second kappa shape index (κ2) is 5.79. The molecule has 0 aliphatic rings. The Morgan fingerprint density at radius 2 is 2.16 bits per heavy atom. The molecule has 0 aliphatic heterocycles. The van der Waals surface area contributed by atoms with Gasteiger partial charge in [0.05, 0.1) is 11.1 Å². The van der Waals surface area contributed by atoms with E-state index in [0.29, 0.717) is 16.8 Å². The number of rotatable bonds is 4. The number of hydrogen-bond donors (Lipinski definition) is 2. The van der Waals surface area contributed by atoms with Gasteiger partial charge in [-0.15, -0.1) is 0 Å². The number of nitrogens with two attached hydrogens (primary N) is 1. The van der Waals surface area contributed by atoms with Crippen molar-refractivity contribution in [1.82, 2.24) is 15.0 Å². The van der Waals surface area contributed by atoms with Gasteiger partial charge in [0.15, 0.2) is 0 Å². The summed E-state index contributed by atoms with van der Waals surface area (Å²) >= 11 is 3.10. The number of nitrogen functional groups attached to an aromatic ring is 1. The van der Waals surface area contributed by atoms with Crippen molar-refractivity contribution in [2.45, 2.75) is 6.92 Å². The molecule has 3 N–H and O–H groups in total. The van der Waals surface area contributed by atoms with Crippen molar-refractivity contribution < 1.29 is 9.13 Å². The molecule has 1 aromatic heterocycles. The second-order valence-electron chi connectivity index (χ2n) is 3.49. The summed E-state index contributed by atoms with van der Waals surface area (Å²) in [5.41, 5.74) is 6.16. The molecule has 0 aliphatic carbocycles. The minimum atomic E-state index is -0.351. The summed E-state index contributed by atoms with van der Waals surface area (Å²) in [5, 5.41) is 2.89. The second-order valence-corrected chi connectivity index (χ2v) is 4.34. The third-order valence-electron chi connectivity index (χ3n) is 2.08. The quantitative estimate of drug-likeness (QED) is 0.897. The molecule has 0 saturated heterocycles. The molecular weight excluding hydrogens is 317 g/mol. The molecule has 0 spiro atoms. The Kier molecular flexibility index (Phi) is 4.10. The summed E-state index contributed by atoms with van der Waals surface area (Å²) in [6.45, 7) is 2.23. The van der Waals surface area contributed by atoms with E-state index in [1.807, 2.05) is 6.92 Å². The lowest BCUT2D eigenvalue weighted by Crippen LogP contribution is -2.06. The van der Waals surface area contributed by atoms with Gasteiger partial charge in [-0.05, 0) is 41.1 Å². The highest BCUT2D eigenvalue weighted by Crippen LogP contribution is 2.22. The van der Waals surface area contributed by atoms with Gasteiger partial charge < -0.3 is 15.8 Å². The molecule has 100 valence electrons. The van der Waals surface area contributed by atoms with Crippen molar-refractivity contribution in [2.75, 3.05) is 17.7 Å². The standard InChI is InChI=1S/C11H11BrFN5O/c1-2-19-11-17-9(14)16-10(18-11)15-6-3-4-8(13)7(12)5-6/h3-5H,2H2,1H3,(H3,14,15,16,17,18). The highest BCUT2D eigenvalue weighted by atomic mass is 79.9. The molecular formula is C11H11BrFN5O. The molecule has 0 saturated carbocycles. The number of ether oxygens (including phenoxy) is 1. The first kappa shape index (κ1) is 13.5. The molecule has 0 unspecified atom stereocenters. The summed E-state index contributed by atoms with van der Waals surface area (Å²) in [4.78, 5) is 11.8. The summed E-state index contributed by atoms with van der Waals surface area (Å²) in [5.74, 6) is -0.0766. The maximum atomic E-state index is 13.1. The van der Waals surface area contributed by atoms with Gasteiger partial charge in [-0.1, -0.05) is 0 Å². The zero-order chi connectivity index (χ0) is 13.8. The van der Waals surface area contributed by atoms with Crippen LogP contribution in [0.15, 0.2) is 22.7 Å². The average Bonchev–Trinajstić information content (AvgIpc) is 2.33. The van der Waals surface area contributed by atoms with E-state index in [9.17, 15) is 4.39 Å². The largest absolute Gasteiger partial charge is 0.464 e. The molecule has 0 radical (unpaired) electrons. The summed E-state index contributed by atoms with van der Waals surface area (Å²) < 4.78 is 18.6. The van der Waals surface area contributed by atoms with E-state index in [0.717, 1.165) is 0 Å². The van der Waals surface area contributed by atoms with Crippen LogP contribution in [0.25, 0.3) is 0 Å². The van der Waals surface area contributed by atoms with Crippen LogP contribution in [-0.4, -0.2) is 21.6 Å². The fourth-order valence-corrected chi connectivity index (χ4v) is 1.70. The van der Waals surface area contributed by atoms with Gasteiger partial charge in [-0.25, -0.2) is 4.39 Å². The first-order chi connectivity index (χ1) is 9.08. The molecule has 6 nitrogen and oxygen atoms in total. The number of benzene rings is 1. The van der Waals surface area contributed by atoms with Crippen LogP contribution >= 0.6 is 15.9 Å². The van der Waals surface area contributed by atoms with Crippen LogP contribution in [0.5, 0.6) is 6.01 Å². The van der Waals surface area contributed by atoms with E-state index in [-0.39, 0.29) is 23.7 Å². The lowest BCUT2D eigenvalue weighted by Gasteiger charge is -2.07. The van der Waals surface area contributed by atoms with Crippen LogP contribution in [0.3, 0.4) is 0 Å². The number of halogens is 2. The molecule has 1 aromatic carbocycles. The maximum absolute atomic E-state index is 13.1. The van der Waals surface area contributed by atoms with Crippen LogP contribution in [0.1, 0.15) is 6.92 Å². The topological polar surface area (TPSA) is 86.0 Å². The predicted octanol–water partition coefficient (Wildman–Crippen LogP) is 2.50. The highest BCUT2D eigenvalue weighted by molar-refractivity contribution is 9.10. The van der Waals surface area contributed by atoms with Crippen LogP contribution in [-0.2, 0) is 0 Å². The molecule has 1 heterocycles. The number of hydrogen-bond acceptors (Lipinski definition) is 6. The van der Waals surface area contributed by atoms with Crippen LogP contribution in [0.4, 0.5) is 22.0 Å². The summed E-state index contributed by atoms with van der Waals surface area (Å²) in [6, 6.07) is 4.58. The molecule has 0 amide bonds. The highest BCUT2D eigenvalue weighted by Gasteiger charge is 2.06. The van der Waals surface area contributed by atoms with Crippen molar-refractivity contribution in [3.8, 4) is 6.01 Å².